The maximum absolute atomic E-state index is 12.0. The van der Waals surface area contributed by atoms with Crippen molar-refractivity contribution in [1.82, 2.24) is 5.32 Å². The third kappa shape index (κ3) is 4.67. The molecule has 0 bridgehead atoms. The highest BCUT2D eigenvalue weighted by Gasteiger charge is 2.17. The molecule has 1 atom stereocenters. The fraction of sp³-hybridized carbons (Fsp3) is 0.500. The standard InChI is InChI=1S/C14H20N2O3.ClH/c1-10-3-4-13(18-2)12(7-10)16-14(17)8-11-9-19-6-5-15-11;/h3-4,7,11,15H,5-6,8-9H2,1-2H3,(H,16,17);1H. The van der Waals surface area contributed by atoms with Crippen molar-refractivity contribution in [2.75, 3.05) is 32.2 Å². The Balaban J connectivity index is 0.00000200. The molecule has 20 heavy (non-hydrogen) atoms. The highest BCUT2D eigenvalue weighted by Crippen LogP contribution is 2.25. The molecule has 1 aromatic carbocycles. The summed E-state index contributed by atoms with van der Waals surface area (Å²) in [6.07, 6.45) is 0.400. The average molecular weight is 301 g/mol. The van der Waals surface area contributed by atoms with E-state index in [0.717, 1.165) is 12.1 Å². The number of hydrogen-bond acceptors (Lipinski definition) is 4. The van der Waals surface area contributed by atoms with Crippen LogP contribution < -0.4 is 15.4 Å². The number of hydrogen-bond donors (Lipinski definition) is 2. The predicted octanol–water partition coefficient (Wildman–Crippen LogP) is 1.74. The van der Waals surface area contributed by atoms with Gasteiger partial charge in [0, 0.05) is 19.0 Å². The van der Waals surface area contributed by atoms with Crippen molar-refractivity contribution in [2.24, 2.45) is 0 Å². The molecule has 1 aliphatic rings. The summed E-state index contributed by atoms with van der Waals surface area (Å²) in [6.45, 7) is 4.07. The number of amides is 1. The monoisotopic (exact) mass is 300 g/mol. The number of ether oxygens (including phenoxy) is 2. The van der Waals surface area contributed by atoms with Crippen LogP contribution in [0.5, 0.6) is 5.75 Å². The van der Waals surface area contributed by atoms with E-state index in [1.165, 1.54) is 0 Å². The molecule has 1 fully saturated rings. The molecule has 112 valence electrons. The van der Waals surface area contributed by atoms with Gasteiger partial charge >= 0.3 is 0 Å². The summed E-state index contributed by atoms with van der Waals surface area (Å²) in [7, 11) is 1.59. The van der Waals surface area contributed by atoms with Gasteiger partial charge in [-0.2, -0.15) is 0 Å². The lowest BCUT2D eigenvalue weighted by molar-refractivity contribution is -0.117. The first-order valence-electron chi connectivity index (χ1n) is 6.44. The van der Waals surface area contributed by atoms with Gasteiger partial charge in [-0.05, 0) is 24.6 Å². The van der Waals surface area contributed by atoms with Crippen molar-refractivity contribution < 1.29 is 14.3 Å². The van der Waals surface area contributed by atoms with Crippen LogP contribution in [-0.4, -0.2) is 38.8 Å². The van der Waals surface area contributed by atoms with Crippen LogP contribution in [-0.2, 0) is 9.53 Å². The molecule has 1 amide bonds. The van der Waals surface area contributed by atoms with Gasteiger partial charge in [0.05, 0.1) is 26.0 Å². The number of anilines is 1. The lowest BCUT2D eigenvalue weighted by Crippen LogP contribution is -2.43. The van der Waals surface area contributed by atoms with Gasteiger partial charge in [-0.15, -0.1) is 12.4 Å². The zero-order valence-electron chi connectivity index (χ0n) is 11.8. The normalized spacial score (nSPS) is 18.0. The molecule has 1 heterocycles. The molecule has 0 radical (unpaired) electrons. The van der Waals surface area contributed by atoms with Crippen LogP contribution in [0.15, 0.2) is 18.2 Å². The Morgan fingerprint density at radius 1 is 1.55 bits per heavy atom. The van der Waals surface area contributed by atoms with Gasteiger partial charge in [-0.1, -0.05) is 6.07 Å². The molecule has 0 aliphatic carbocycles. The average Bonchev–Trinajstić information content (AvgIpc) is 2.40. The van der Waals surface area contributed by atoms with Gasteiger partial charge in [-0.25, -0.2) is 0 Å². The molecule has 6 heteroatoms. The van der Waals surface area contributed by atoms with Gasteiger partial charge in [0.25, 0.3) is 0 Å². The third-order valence-corrected chi connectivity index (χ3v) is 3.06. The number of carbonyl (C=O) groups excluding carboxylic acids is 1. The number of halogens is 1. The number of carbonyl (C=O) groups is 1. The van der Waals surface area contributed by atoms with E-state index in [0.29, 0.717) is 31.1 Å². The molecule has 0 aromatic heterocycles. The van der Waals surface area contributed by atoms with Crippen molar-refractivity contribution in [1.29, 1.82) is 0 Å². The van der Waals surface area contributed by atoms with Crippen molar-refractivity contribution in [3.63, 3.8) is 0 Å². The Labute approximate surface area is 125 Å². The fourth-order valence-electron chi connectivity index (χ4n) is 2.10. The quantitative estimate of drug-likeness (QED) is 0.889. The van der Waals surface area contributed by atoms with Crippen LogP contribution in [0.25, 0.3) is 0 Å². The molecule has 1 unspecified atom stereocenters. The summed E-state index contributed by atoms with van der Waals surface area (Å²) >= 11 is 0. The van der Waals surface area contributed by atoms with Gasteiger partial charge in [0.15, 0.2) is 0 Å². The van der Waals surface area contributed by atoms with E-state index in [9.17, 15) is 4.79 Å². The molecular formula is C14H21ClN2O3. The Bertz CT molecular complexity index is 448. The zero-order valence-corrected chi connectivity index (χ0v) is 12.6. The zero-order chi connectivity index (χ0) is 13.7. The predicted molar refractivity (Wildman–Crippen MR) is 80.8 cm³/mol. The summed E-state index contributed by atoms with van der Waals surface area (Å²) in [6, 6.07) is 5.80. The topological polar surface area (TPSA) is 59.6 Å². The van der Waals surface area contributed by atoms with E-state index in [4.69, 9.17) is 9.47 Å². The van der Waals surface area contributed by atoms with Crippen LogP contribution in [0.2, 0.25) is 0 Å². The van der Waals surface area contributed by atoms with Gasteiger partial charge < -0.3 is 20.1 Å². The van der Waals surface area contributed by atoms with Crippen LogP contribution in [0.1, 0.15) is 12.0 Å². The number of methoxy groups -OCH3 is 1. The largest absolute Gasteiger partial charge is 0.495 e. The van der Waals surface area contributed by atoms with Crippen LogP contribution in [0, 0.1) is 6.92 Å². The van der Waals surface area contributed by atoms with Crippen molar-refractivity contribution in [3.05, 3.63) is 23.8 Å². The summed E-state index contributed by atoms with van der Waals surface area (Å²) in [5.41, 5.74) is 1.79. The lowest BCUT2D eigenvalue weighted by atomic mass is 10.1. The molecule has 1 aromatic rings. The molecule has 2 rings (SSSR count). The summed E-state index contributed by atoms with van der Waals surface area (Å²) in [4.78, 5) is 12.0. The summed E-state index contributed by atoms with van der Waals surface area (Å²) in [5, 5.41) is 6.15. The summed E-state index contributed by atoms with van der Waals surface area (Å²) in [5.74, 6) is 0.638. The molecule has 1 saturated heterocycles. The van der Waals surface area contributed by atoms with Gasteiger partial charge in [0.2, 0.25) is 5.91 Å². The van der Waals surface area contributed by atoms with Crippen molar-refractivity contribution >= 4 is 24.0 Å². The number of benzene rings is 1. The Morgan fingerprint density at radius 3 is 3.00 bits per heavy atom. The Hall–Kier alpha value is -1.30. The minimum Gasteiger partial charge on any atom is -0.495 e. The second kappa shape index (κ2) is 8.09. The maximum Gasteiger partial charge on any atom is 0.226 e. The van der Waals surface area contributed by atoms with Crippen LogP contribution in [0.4, 0.5) is 5.69 Å². The molecule has 2 N–H and O–H groups in total. The Morgan fingerprint density at radius 2 is 2.35 bits per heavy atom. The first-order chi connectivity index (χ1) is 9.19. The maximum atomic E-state index is 12.0. The first-order valence-corrected chi connectivity index (χ1v) is 6.44. The number of rotatable bonds is 4. The molecule has 5 nitrogen and oxygen atoms in total. The van der Waals surface area contributed by atoms with Crippen molar-refractivity contribution in [3.8, 4) is 5.75 Å². The first kappa shape index (κ1) is 16.8. The SMILES string of the molecule is COc1ccc(C)cc1NC(=O)CC1COCCN1.Cl. The van der Waals surface area contributed by atoms with Crippen molar-refractivity contribution in [2.45, 2.75) is 19.4 Å². The number of nitrogens with one attached hydrogen (secondary N) is 2. The van der Waals surface area contributed by atoms with E-state index in [-0.39, 0.29) is 24.4 Å². The van der Waals surface area contributed by atoms with E-state index in [2.05, 4.69) is 10.6 Å². The lowest BCUT2D eigenvalue weighted by Gasteiger charge is -2.23. The van der Waals surface area contributed by atoms with E-state index in [1.54, 1.807) is 7.11 Å². The molecular weight excluding hydrogens is 280 g/mol. The minimum atomic E-state index is -0.0353. The smallest absolute Gasteiger partial charge is 0.226 e. The molecule has 0 saturated carbocycles. The number of morpholine rings is 1. The Kier molecular flexibility index (Phi) is 6.78. The highest BCUT2D eigenvalue weighted by molar-refractivity contribution is 5.92. The summed E-state index contributed by atoms with van der Waals surface area (Å²) < 4.78 is 10.6. The molecule has 0 spiro atoms. The van der Waals surface area contributed by atoms with Crippen LogP contribution >= 0.6 is 12.4 Å². The second-order valence-electron chi connectivity index (χ2n) is 4.68. The number of aryl methyl sites for hydroxylation is 1. The van der Waals surface area contributed by atoms with Crippen LogP contribution in [0.3, 0.4) is 0 Å². The van der Waals surface area contributed by atoms with Gasteiger partial charge in [0.1, 0.15) is 5.75 Å². The van der Waals surface area contributed by atoms with Gasteiger partial charge in [-0.3, -0.25) is 4.79 Å². The fourth-order valence-corrected chi connectivity index (χ4v) is 2.10. The third-order valence-electron chi connectivity index (χ3n) is 3.06. The molecule has 1 aliphatic heterocycles. The highest BCUT2D eigenvalue weighted by atomic mass is 35.5. The van der Waals surface area contributed by atoms with E-state index < -0.39 is 0 Å². The van der Waals surface area contributed by atoms with E-state index in [1.807, 2.05) is 25.1 Å². The van der Waals surface area contributed by atoms with E-state index >= 15 is 0 Å². The second-order valence-corrected chi connectivity index (χ2v) is 4.68. The minimum absolute atomic E-state index is 0.